The predicted octanol–water partition coefficient (Wildman–Crippen LogP) is 4.81. The van der Waals surface area contributed by atoms with Crippen LogP contribution in [-0.4, -0.2) is 39.4 Å². The topological polar surface area (TPSA) is 66.9 Å². The number of benzene rings is 3. The highest BCUT2D eigenvalue weighted by molar-refractivity contribution is 7.92. The number of methoxy groups -OCH3 is 1. The number of carbonyl (C=O) groups is 1. The molecule has 2 aliphatic heterocycles. The number of rotatable bonds is 5. The van der Waals surface area contributed by atoms with Gasteiger partial charge in [0, 0.05) is 18.7 Å². The zero-order valence-electron chi connectivity index (χ0n) is 19.2. The molecule has 0 saturated carbocycles. The minimum absolute atomic E-state index is 0.0346. The standard InChI is InChI=1S/C27H28N2O4S/c1-33-23-15-13-21(14-16-23)25-12-6-17-28(25)27(30)22-8-4-10-24(19-22)34(31,32)29-18-5-9-20-7-2-3-11-26(20)29/h2-4,7-8,10-11,13-16,19,25H,5-6,9,12,17-18H2,1H3. The van der Waals surface area contributed by atoms with E-state index in [4.69, 9.17) is 4.74 Å². The van der Waals surface area contributed by atoms with Gasteiger partial charge in [0.1, 0.15) is 5.75 Å². The number of aryl methyl sites for hydroxylation is 1. The summed E-state index contributed by atoms with van der Waals surface area (Å²) in [4.78, 5) is 15.5. The fourth-order valence-corrected chi connectivity index (χ4v) is 6.60. The maximum atomic E-state index is 13.6. The molecule has 3 aromatic carbocycles. The molecule has 6 nitrogen and oxygen atoms in total. The van der Waals surface area contributed by atoms with E-state index in [2.05, 4.69) is 0 Å². The normalized spacial score (nSPS) is 18.0. The average Bonchev–Trinajstić information content (AvgIpc) is 3.38. The lowest BCUT2D eigenvalue weighted by Crippen LogP contribution is -2.35. The quantitative estimate of drug-likeness (QED) is 0.530. The van der Waals surface area contributed by atoms with Crippen LogP contribution in [0.15, 0.2) is 77.7 Å². The van der Waals surface area contributed by atoms with Gasteiger partial charge >= 0.3 is 0 Å². The molecule has 2 heterocycles. The van der Waals surface area contributed by atoms with Gasteiger partial charge in [-0.1, -0.05) is 36.4 Å². The number of hydrogen-bond acceptors (Lipinski definition) is 4. The molecule has 0 aliphatic carbocycles. The molecule has 3 aromatic rings. The minimum Gasteiger partial charge on any atom is -0.497 e. The Morgan fingerprint density at radius 3 is 2.53 bits per heavy atom. The number of fused-ring (bicyclic) bond motifs is 1. The first-order valence-corrected chi connectivity index (χ1v) is 13.1. The first-order valence-electron chi connectivity index (χ1n) is 11.6. The maximum absolute atomic E-state index is 13.6. The van der Waals surface area contributed by atoms with Crippen molar-refractivity contribution in [3.63, 3.8) is 0 Å². The first kappa shape index (κ1) is 22.5. The molecule has 0 aromatic heterocycles. The second-order valence-corrected chi connectivity index (χ2v) is 10.6. The summed E-state index contributed by atoms with van der Waals surface area (Å²) in [5, 5.41) is 0. The number of hydrogen-bond donors (Lipinski definition) is 0. The molecular weight excluding hydrogens is 448 g/mol. The molecule has 1 atom stereocenters. The van der Waals surface area contributed by atoms with Gasteiger partial charge in [-0.2, -0.15) is 0 Å². The van der Waals surface area contributed by atoms with E-state index in [1.807, 2.05) is 53.4 Å². The molecular formula is C27H28N2O4S. The lowest BCUT2D eigenvalue weighted by Gasteiger charge is -2.30. The van der Waals surface area contributed by atoms with E-state index in [-0.39, 0.29) is 16.8 Å². The van der Waals surface area contributed by atoms with Crippen LogP contribution in [0.4, 0.5) is 5.69 Å². The van der Waals surface area contributed by atoms with Gasteiger partial charge in [0.25, 0.3) is 15.9 Å². The van der Waals surface area contributed by atoms with Crippen molar-refractivity contribution in [3.8, 4) is 5.75 Å². The summed E-state index contributed by atoms with van der Waals surface area (Å²) in [7, 11) is -2.15. The monoisotopic (exact) mass is 476 g/mol. The summed E-state index contributed by atoms with van der Waals surface area (Å²) in [6.45, 7) is 1.08. The zero-order chi connectivity index (χ0) is 23.7. The van der Waals surface area contributed by atoms with Gasteiger partial charge in [-0.25, -0.2) is 8.42 Å². The van der Waals surface area contributed by atoms with Gasteiger partial charge in [0.05, 0.1) is 23.7 Å². The smallest absolute Gasteiger partial charge is 0.264 e. The summed E-state index contributed by atoms with van der Waals surface area (Å²) < 4.78 is 33.9. The van der Waals surface area contributed by atoms with Crippen LogP contribution in [-0.2, 0) is 16.4 Å². The fourth-order valence-electron chi connectivity index (χ4n) is 5.01. The number of carbonyl (C=O) groups excluding carboxylic acids is 1. The van der Waals surface area contributed by atoms with Crippen molar-refractivity contribution in [2.24, 2.45) is 0 Å². The van der Waals surface area contributed by atoms with Crippen molar-refractivity contribution in [1.29, 1.82) is 0 Å². The number of anilines is 1. The number of likely N-dealkylation sites (tertiary alicyclic amines) is 1. The molecule has 1 saturated heterocycles. The number of sulfonamides is 1. The van der Waals surface area contributed by atoms with Crippen molar-refractivity contribution >= 4 is 21.6 Å². The van der Waals surface area contributed by atoms with Crippen LogP contribution in [0.25, 0.3) is 0 Å². The van der Waals surface area contributed by atoms with Crippen molar-refractivity contribution in [3.05, 3.63) is 89.5 Å². The molecule has 1 amide bonds. The third-order valence-corrected chi connectivity index (χ3v) is 8.56. The maximum Gasteiger partial charge on any atom is 0.264 e. The van der Waals surface area contributed by atoms with E-state index in [0.29, 0.717) is 18.7 Å². The summed E-state index contributed by atoms with van der Waals surface area (Å²) >= 11 is 0. The number of ether oxygens (including phenoxy) is 1. The van der Waals surface area contributed by atoms with Gasteiger partial charge in [-0.15, -0.1) is 0 Å². The average molecular weight is 477 g/mol. The van der Waals surface area contributed by atoms with E-state index < -0.39 is 10.0 Å². The third kappa shape index (κ3) is 4.05. The molecule has 2 aliphatic rings. The Morgan fingerprint density at radius 2 is 1.74 bits per heavy atom. The van der Waals surface area contributed by atoms with Crippen molar-refractivity contribution in [2.75, 3.05) is 24.5 Å². The SMILES string of the molecule is COc1ccc(C2CCCN2C(=O)c2cccc(S(=O)(=O)N3CCCc4ccccc43)c2)cc1. The lowest BCUT2D eigenvalue weighted by molar-refractivity contribution is 0.0735. The van der Waals surface area contributed by atoms with Crippen LogP contribution in [0.5, 0.6) is 5.75 Å². The van der Waals surface area contributed by atoms with Crippen LogP contribution < -0.4 is 9.04 Å². The Balaban J connectivity index is 1.43. The summed E-state index contributed by atoms with van der Waals surface area (Å²) in [6.07, 6.45) is 3.42. The van der Waals surface area contributed by atoms with E-state index >= 15 is 0 Å². The Hall–Kier alpha value is -3.32. The predicted molar refractivity (Wildman–Crippen MR) is 132 cm³/mol. The summed E-state index contributed by atoms with van der Waals surface area (Å²) in [6, 6.07) is 21.8. The number of para-hydroxylation sites is 1. The van der Waals surface area contributed by atoms with E-state index in [1.54, 1.807) is 25.3 Å². The molecule has 0 bridgehead atoms. The molecule has 34 heavy (non-hydrogen) atoms. The fraction of sp³-hybridized carbons (Fsp3) is 0.296. The highest BCUT2D eigenvalue weighted by Crippen LogP contribution is 2.35. The molecule has 0 radical (unpaired) electrons. The second-order valence-electron chi connectivity index (χ2n) is 8.77. The Morgan fingerprint density at radius 1 is 0.941 bits per heavy atom. The minimum atomic E-state index is -3.78. The van der Waals surface area contributed by atoms with E-state index in [9.17, 15) is 13.2 Å². The highest BCUT2D eigenvalue weighted by atomic mass is 32.2. The van der Waals surface area contributed by atoms with Crippen LogP contribution >= 0.6 is 0 Å². The summed E-state index contributed by atoms with van der Waals surface area (Å²) in [5.74, 6) is 0.631. The van der Waals surface area contributed by atoms with Crippen molar-refractivity contribution in [1.82, 2.24) is 4.90 Å². The van der Waals surface area contributed by atoms with Crippen LogP contribution in [0.2, 0.25) is 0 Å². The summed E-state index contributed by atoms with van der Waals surface area (Å²) in [5.41, 5.74) is 3.21. The molecule has 5 rings (SSSR count). The third-order valence-electron chi connectivity index (χ3n) is 6.75. The van der Waals surface area contributed by atoms with Gasteiger partial charge in [-0.3, -0.25) is 9.10 Å². The molecule has 1 unspecified atom stereocenters. The Labute approximate surface area is 200 Å². The molecule has 0 spiro atoms. The molecule has 7 heteroatoms. The largest absolute Gasteiger partial charge is 0.497 e. The second kappa shape index (κ2) is 9.14. The van der Waals surface area contributed by atoms with Gasteiger partial charge < -0.3 is 9.64 Å². The first-order chi connectivity index (χ1) is 16.5. The van der Waals surface area contributed by atoms with E-state index in [0.717, 1.165) is 48.2 Å². The number of nitrogens with zero attached hydrogens (tertiary/aromatic N) is 2. The van der Waals surface area contributed by atoms with Crippen LogP contribution in [0, 0.1) is 0 Å². The van der Waals surface area contributed by atoms with Crippen molar-refractivity contribution < 1.29 is 17.9 Å². The number of amides is 1. The van der Waals surface area contributed by atoms with Crippen LogP contribution in [0.1, 0.15) is 46.8 Å². The van der Waals surface area contributed by atoms with Gasteiger partial charge in [0.2, 0.25) is 0 Å². The molecule has 1 fully saturated rings. The Kier molecular flexibility index (Phi) is 6.04. The van der Waals surface area contributed by atoms with Crippen LogP contribution in [0.3, 0.4) is 0 Å². The van der Waals surface area contributed by atoms with Gasteiger partial charge in [0.15, 0.2) is 0 Å². The Bertz CT molecular complexity index is 1300. The van der Waals surface area contributed by atoms with E-state index in [1.165, 1.54) is 10.4 Å². The lowest BCUT2D eigenvalue weighted by atomic mass is 10.0. The zero-order valence-corrected chi connectivity index (χ0v) is 20.0. The molecule has 176 valence electrons. The molecule has 0 N–H and O–H groups in total. The van der Waals surface area contributed by atoms with Crippen molar-refractivity contribution in [2.45, 2.75) is 36.6 Å². The van der Waals surface area contributed by atoms with Gasteiger partial charge in [-0.05, 0) is 73.2 Å². The highest BCUT2D eigenvalue weighted by Gasteiger charge is 2.33.